The Balaban J connectivity index is 0.000000157. The molecular formula is C29H25F2N13. The summed E-state index contributed by atoms with van der Waals surface area (Å²) >= 11 is 0. The fourth-order valence-electron chi connectivity index (χ4n) is 4.62. The molecule has 15 heteroatoms. The van der Waals surface area contributed by atoms with Crippen LogP contribution in [0.15, 0.2) is 90.3 Å². The molecule has 0 aliphatic heterocycles. The summed E-state index contributed by atoms with van der Waals surface area (Å²) in [6, 6.07) is 20.4. The van der Waals surface area contributed by atoms with Crippen molar-refractivity contribution in [2.75, 3.05) is 5.73 Å². The fraction of sp³-hybridized carbons (Fsp3) is 0.0690. The average molecular weight is 594 g/mol. The van der Waals surface area contributed by atoms with Gasteiger partial charge >= 0.3 is 0 Å². The van der Waals surface area contributed by atoms with Crippen LogP contribution in [0.3, 0.4) is 0 Å². The number of amidine groups is 1. The molecule has 0 saturated carbocycles. The van der Waals surface area contributed by atoms with Gasteiger partial charge in [0.2, 0.25) is 5.95 Å². The third-order valence-electron chi connectivity index (χ3n) is 6.68. The van der Waals surface area contributed by atoms with Crippen LogP contribution in [-0.4, -0.2) is 50.5 Å². The van der Waals surface area contributed by atoms with E-state index in [9.17, 15) is 8.78 Å². The van der Waals surface area contributed by atoms with Crippen LogP contribution in [-0.2, 0) is 13.1 Å². The minimum atomic E-state index is -0.293. The highest BCUT2D eigenvalue weighted by Crippen LogP contribution is 2.25. The van der Waals surface area contributed by atoms with Gasteiger partial charge in [0.05, 0.1) is 23.9 Å². The average Bonchev–Trinajstić information content (AvgIpc) is 3.75. The summed E-state index contributed by atoms with van der Waals surface area (Å²) in [6.45, 7) is 0.516. The predicted octanol–water partition coefficient (Wildman–Crippen LogP) is 3.18. The molecule has 7 N–H and O–H groups in total. The van der Waals surface area contributed by atoms with Gasteiger partial charge in [0.1, 0.15) is 23.0 Å². The standard InChI is InChI=1S/C15H12FN7.C14H13FN6/c16-11-6-2-1-4-9(11)8-23-14-10(5-3-7-18-14)12(22-23)13-19-15(17)21-20-13;15-11-6-2-1-4-9(11)8-21-14-10(5-3-7-18-14)12(20-21)13(16)19-17/h1-7H,8H2,(H3,17,19,20,21);1-7H,8,17H2,(H2,16,19). The van der Waals surface area contributed by atoms with Gasteiger partial charge < -0.3 is 17.3 Å². The summed E-state index contributed by atoms with van der Waals surface area (Å²) in [4.78, 5) is 12.7. The Bertz CT molecular complexity index is 2110. The number of anilines is 1. The minimum Gasteiger partial charge on any atom is -0.380 e. The van der Waals surface area contributed by atoms with Crippen molar-refractivity contribution in [2.45, 2.75) is 13.1 Å². The molecule has 0 saturated heterocycles. The molecule has 0 fully saturated rings. The highest BCUT2D eigenvalue weighted by Gasteiger charge is 2.17. The van der Waals surface area contributed by atoms with E-state index in [0.29, 0.717) is 39.6 Å². The number of hydrogen-bond acceptors (Lipinski definition) is 9. The molecule has 5 heterocycles. The van der Waals surface area contributed by atoms with E-state index in [-0.39, 0.29) is 36.5 Å². The summed E-state index contributed by atoms with van der Waals surface area (Å²) in [6.07, 6.45) is 3.31. The number of nitrogens with two attached hydrogens (primary N) is 3. The number of aromatic amines is 1. The van der Waals surface area contributed by atoms with Gasteiger partial charge in [-0.25, -0.2) is 28.1 Å². The predicted molar refractivity (Wildman–Crippen MR) is 161 cm³/mol. The number of hydrazone groups is 1. The van der Waals surface area contributed by atoms with E-state index in [0.717, 1.165) is 10.8 Å². The number of H-pyrrole nitrogens is 1. The van der Waals surface area contributed by atoms with E-state index >= 15 is 0 Å². The Morgan fingerprint density at radius 2 is 1.34 bits per heavy atom. The summed E-state index contributed by atoms with van der Waals surface area (Å²) in [5.41, 5.74) is 14.6. The quantitative estimate of drug-likeness (QED) is 0.0969. The number of hydrogen-bond donors (Lipinski definition) is 4. The van der Waals surface area contributed by atoms with Gasteiger partial charge in [-0.3, -0.25) is 5.10 Å². The molecular weight excluding hydrogens is 568 g/mol. The maximum Gasteiger partial charge on any atom is 0.239 e. The van der Waals surface area contributed by atoms with Crippen molar-refractivity contribution in [3.05, 3.63) is 114 Å². The lowest BCUT2D eigenvalue weighted by molar-refractivity contribution is 0.589. The van der Waals surface area contributed by atoms with E-state index in [4.69, 9.17) is 17.3 Å². The second kappa shape index (κ2) is 11.9. The molecule has 0 aliphatic rings. The number of benzene rings is 2. The Morgan fingerprint density at radius 3 is 1.91 bits per heavy atom. The maximum atomic E-state index is 13.9. The molecule has 5 aromatic heterocycles. The van der Waals surface area contributed by atoms with Crippen LogP contribution in [0.2, 0.25) is 0 Å². The van der Waals surface area contributed by atoms with Crippen molar-refractivity contribution in [1.29, 1.82) is 0 Å². The molecule has 7 aromatic rings. The van der Waals surface area contributed by atoms with Crippen molar-refractivity contribution in [3.63, 3.8) is 0 Å². The summed E-state index contributed by atoms with van der Waals surface area (Å²) < 4.78 is 30.9. The zero-order valence-corrected chi connectivity index (χ0v) is 23.0. The number of nitrogens with one attached hydrogen (secondary N) is 1. The third-order valence-corrected chi connectivity index (χ3v) is 6.68. The van der Waals surface area contributed by atoms with Crippen LogP contribution in [0.4, 0.5) is 14.7 Å². The Kier molecular flexibility index (Phi) is 7.56. The third kappa shape index (κ3) is 5.48. The van der Waals surface area contributed by atoms with Gasteiger partial charge in [-0.05, 0) is 36.4 Å². The molecule has 0 spiro atoms. The van der Waals surface area contributed by atoms with E-state index in [1.165, 1.54) is 12.1 Å². The first-order valence-corrected chi connectivity index (χ1v) is 13.2. The van der Waals surface area contributed by atoms with Crippen molar-refractivity contribution in [1.82, 2.24) is 44.7 Å². The van der Waals surface area contributed by atoms with E-state index in [1.807, 2.05) is 12.1 Å². The van der Waals surface area contributed by atoms with Crippen molar-refractivity contribution >= 4 is 33.9 Å². The lowest BCUT2D eigenvalue weighted by Gasteiger charge is -2.04. The minimum absolute atomic E-state index is 0.111. The van der Waals surface area contributed by atoms with Gasteiger partial charge in [-0.15, -0.1) is 5.10 Å². The van der Waals surface area contributed by atoms with Gasteiger partial charge in [-0.1, -0.05) is 36.4 Å². The summed E-state index contributed by atoms with van der Waals surface area (Å²) in [5, 5.41) is 20.4. The number of nitrogens with zero attached hydrogens (tertiary/aromatic N) is 9. The molecule has 220 valence electrons. The number of rotatable bonds is 6. The first-order valence-electron chi connectivity index (χ1n) is 13.2. The zero-order valence-electron chi connectivity index (χ0n) is 23.0. The van der Waals surface area contributed by atoms with E-state index in [2.05, 4.69) is 40.4 Å². The van der Waals surface area contributed by atoms with E-state index in [1.54, 1.807) is 70.3 Å². The fourth-order valence-corrected chi connectivity index (χ4v) is 4.62. The van der Waals surface area contributed by atoms with Gasteiger partial charge in [-0.2, -0.15) is 20.3 Å². The maximum absolute atomic E-state index is 13.9. The monoisotopic (exact) mass is 593 g/mol. The van der Waals surface area contributed by atoms with Crippen molar-refractivity contribution < 1.29 is 8.78 Å². The second-order valence-corrected chi connectivity index (χ2v) is 9.50. The molecule has 13 nitrogen and oxygen atoms in total. The Hall–Kier alpha value is -6.25. The van der Waals surface area contributed by atoms with Crippen LogP contribution < -0.4 is 17.3 Å². The lowest BCUT2D eigenvalue weighted by atomic mass is 10.2. The van der Waals surface area contributed by atoms with Crippen LogP contribution in [0.5, 0.6) is 0 Å². The topological polar surface area (TPSA) is 193 Å². The van der Waals surface area contributed by atoms with Crippen LogP contribution in [0.1, 0.15) is 16.8 Å². The Labute approximate surface area is 248 Å². The molecule has 0 unspecified atom stereocenters. The summed E-state index contributed by atoms with van der Waals surface area (Å²) in [5.74, 6) is 5.34. The van der Waals surface area contributed by atoms with Crippen LogP contribution in [0.25, 0.3) is 33.6 Å². The molecule has 44 heavy (non-hydrogen) atoms. The first kappa shape index (κ1) is 27.9. The Morgan fingerprint density at radius 1 is 0.773 bits per heavy atom. The first-order chi connectivity index (χ1) is 21.4. The van der Waals surface area contributed by atoms with Crippen LogP contribution in [0, 0.1) is 11.6 Å². The number of nitrogen functional groups attached to an aromatic ring is 1. The van der Waals surface area contributed by atoms with Crippen LogP contribution >= 0.6 is 0 Å². The highest BCUT2D eigenvalue weighted by molar-refractivity contribution is 6.06. The van der Waals surface area contributed by atoms with Gasteiger partial charge in [0, 0.05) is 23.5 Å². The second-order valence-electron chi connectivity index (χ2n) is 9.50. The van der Waals surface area contributed by atoms with Gasteiger partial charge in [0.15, 0.2) is 23.0 Å². The summed E-state index contributed by atoms with van der Waals surface area (Å²) in [7, 11) is 0. The lowest BCUT2D eigenvalue weighted by Crippen LogP contribution is -2.17. The SMILES string of the molecule is N/N=C(\N)c1nn(Cc2ccccc2F)c2ncccc12.Nc1n[nH]c(-c2nn(Cc3ccccc3F)c3ncccc23)n1. The molecule has 2 aromatic carbocycles. The van der Waals surface area contributed by atoms with Crippen molar-refractivity contribution in [3.8, 4) is 11.5 Å². The smallest absolute Gasteiger partial charge is 0.239 e. The molecule has 7 rings (SSSR count). The molecule has 0 bridgehead atoms. The van der Waals surface area contributed by atoms with E-state index < -0.39 is 0 Å². The van der Waals surface area contributed by atoms with Gasteiger partial charge in [0.25, 0.3) is 0 Å². The molecule has 0 amide bonds. The zero-order chi connectivity index (χ0) is 30.6. The molecule has 0 radical (unpaired) electrons. The number of aromatic nitrogens is 9. The number of pyridine rings is 2. The largest absolute Gasteiger partial charge is 0.380 e. The highest BCUT2D eigenvalue weighted by atomic mass is 19.1. The molecule has 0 atom stereocenters. The number of halogens is 2. The number of fused-ring (bicyclic) bond motifs is 2. The molecule has 0 aliphatic carbocycles. The van der Waals surface area contributed by atoms with Crippen molar-refractivity contribution in [2.24, 2.45) is 16.7 Å². The normalized spacial score (nSPS) is 11.5.